The van der Waals surface area contributed by atoms with Crippen LogP contribution in [-0.2, 0) is 9.53 Å². The zero-order valence-electron chi connectivity index (χ0n) is 17.3. The number of benzene rings is 2. The summed E-state index contributed by atoms with van der Waals surface area (Å²) in [6.07, 6.45) is 1.49. The van der Waals surface area contributed by atoms with Crippen molar-refractivity contribution < 1.29 is 9.53 Å². The molecule has 6 heteroatoms. The van der Waals surface area contributed by atoms with Gasteiger partial charge in [-0.2, -0.15) is 5.26 Å². The molecular formula is C24H28N4O2. The van der Waals surface area contributed by atoms with Crippen molar-refractivity contribution in [3.63, 3.8) is 0 Å². The number of ether oxygens (including phenoxy) is 1. The van der Waals surface area contributed by atoms with Crippen molar-refractivity contribution in [3.8, 4) is 6.07 Å². The second kappa shape index (κ2) is 11.1. The summed E-state index contributed by atoms with van der Waals surface area (Å²) < 4.78 is 4.97. The van der Waals surface area contributed by atoms with E-state index in [0.29, 0.717) is 26.2 Å². The number of piperazine rings is 1. The third-order valence-electron chi connectivity index (χ3n) is 5.25. The molecule has 0 aromatic heterocycles. The fourth-order valence-electron chi connectivity index (χ4n) is 3.72. The fourth-order valence-corrected chi connectivity index (χ4v) is 3.72. The number of rotatable bonds is 8. The SMILES string of the molecule is COCCN/C=C(/C#N)C(=O)N1CCN(C(c2ccccc2)c2ccccc2)CC1. The Morgan fingerprint density at radius 2 is 1.63 bits per heavy atom. The first-order valence-corrected chi connectivity index (χ1v) is 10.2. The molecule has 1 fully saturated rings. The van der Waals surface area contributed by atoms with E-state index in [1.54, 1.807) is 12.0 Å². The second-order valence-electron chi connectivity index (χ2n) is 7.17. The number of methoxy groups -OCH3 is 1. The molecule has 1 amide bonds. The van der Waals surface area contributed by atoms with E-state index in [0.717, 1.165) is 13.1 Å². The largest absolute Gasteiger partial charge is 0.387 e. The average Bonchev–Trinajstić information content (AvgIpc) is 2.81. The van der Waals surface area contributed by atoms with Crippen LogP contribution in [-0.4, -0.2) is 62.1 Å². The summed E-state index contributed by atoms with van der Waals surface area (Å²) in [5.41, 5.74) is 2.61. The van der Waals surface area contributed by atoms with Crippen LogP contribution in [0.1, 0.15) is 17.2 Å². The number of amides is 1. The van der Waals surface area contributed by atoms with Gasteiger partial charge in [0.25, 0.3) is 5.91 Å². The fraction of sp³-hybridized carbons (Fsp3) is 0.333. The molecule has 1 aliphatic heterocycles. The normalized spacial score (nSPS) is 15.1. The summed E-state index contributed by atoms with van der Waals surface area (Å²) in [6, 6.07) is 23.1. The maximum absolute atomic E-state index is 12.8. The van der Waals surface area contributed by atoms with Gasteiger partial charge in [0.1, 0.15) is 11.6 Å². The molecule has 0 bridgehead atoms. The summed E-state index contributed by atoms with van der Waals surface area (Å²) >= 11 is 0. The quantitative estimate of drug-likeness (QED) is 0.416. The smallest absolute Gasteiger partial charge is 0.266 e. The zero-order valence-corrected chi connectivity index (χ0v) is 17.3. The Morgan fingerprint density at radius 1 is 1.07 bits per heavy atom. The zero-order chi connectivity index (χ0) is 21.2. The molecule has 0 saturated carbocycles. The van der Waals surface area contributed by atoms with Crippen molar-refractivity contribution in [3.05, 3.63) is 83.6 Å². The van der Waals surface area contributed by atoms with Gasteiger partial charge in [0.2, 0.25) is 0 Å². The van der Waals surface area contributed by atoms with Crippen molar-refractivity contribution in [2.75, 3.05) is 46.4 Å². The van der Waals surface area contributed by atoms with Gasteiger partial charge < -0.3 is 15.0 Å². The van der Waals surface area contributed by atoms with E-state index in [1.165, 1.54) is 17.3 Å². The first-order valence-electron chi connectivity index (χ1n) is 10.2. The molecule has 1 aliphatic rings. The van der Waals surface area contributed by atoms with E-state index < -0.39 is 0 Å². The van der Waals surface area contributed by atoms with Crippen LogP contribution in [0.25, 0.3) is 0 Å². The summed E-state index contributed by atoms with van der Waals surface area (Å²) in [5, 5.41) is 12.3. The molecule has 0 unspecified atom stereocenters. The van der Waals surface area contributed by atoms with Crippen LogP contribution in [0.2, 0.25) is 0 Å². The third kappa shape index (κ3) is 5.47. The summed E-state index contributed by atoms with van der Waals surface area (Å²) in [5.74, 6) is -0.224. The molecule has 6 nitrogen and oxygen atoms in total. The number of carbonyl (C=O) groups excluding carboxylic acids is 1. The Hall–Kier alpha value is -3.14. The highest BCUT2D eigenvalue weighted by Crippen LogP contribution is 2.29. The Balaban J connectivity index is 1.68. The summed E-state index contributed by atoms with van der Waals surface area (Å²) in [6.45, 7) is 3.74. The van der Waals surface area contributed by atoms with Crippen LogP contribution < -0.4 is 5.32 Å². The Labute approximate surface area is 178 Å². The van der Waals surface area contributed by atoms with Gasteiger partial charge in [-0.15, -0.1) is 0 Å². The summed E-state index contributed by atoms with van der Waals surface area (Å²) in [7, 11) is 1.61. The number of hydrogen-bond acceptors (Lipinski definition) is 5. The molecule has 0 atom stereocenters. The molecule has 1 heterocycles. The predicted molar refractivity (Wildman–Crippen MR) is 116 cm³/mol. The molecule has 0 radical (unpaired) electrons. The molecule has 2 aromatic carbocycles. The monoisotopic (exact) mass is 404 g/mol. The van der Waals surface area contributed by atoms with Crippen LogP contribution in [0.15, 0.2) is 72.4 Å². The number of nitrogens with one attached hydrogen (secondary N) is 1. The Morgan fingerprint density at radius 3 is 2.13 bits per heavy atom. The molecule has 30 heavy (non-hydrogen) atoms. The highest BCUT2D eigenvalue weighted by molar-refractivity contribution is 5.97. The van der Waals surface area contributed by atoms with Crippen LogP contribution in [0, 0.1) is 11.3 Å². The maximum Gasteiger partial charge on any atom is 0.266 e. The molecule has 1 N–H and O–H groups in total. The molecule has 3 rings (SSSR count). The van der Waals surface area contributed by atoms with E-state index in [-0.39, 0.29) is 17.5 Å². The van der Waals surface area contributed by atoms with Gasteiger partial charge >= 0.3 is 0 Å². The molecule has 0 spiro atoms. The Kier molecular flexibility index (Phi) is 8.02. The van der Waals surface area contributed by atoms with Gasteiger partial charge in [-0.25, -0.2) is 0 Å². The predicted octanol–water partition coefficient (Wildman–Crippen LogP) is 2.56. The topological polar surface area (TPSA) is 68.6 Å². The van der Waals surface area contributed by atoms with Gasteiger partial charge in [-0.05, 0) is 11.1 Å². The van der Waals surface area contributed by atoms with Crippen molar-refractivity contribution >= 4 is 5.91 Å². The minimum Gasteiger partial charge on any atom is -0.387 e. The highest BCUT2D eigenvalue weighted by atomic mass is 16.5. The molecule has 0 aliphatic carbocycles. The van der Waals surface area contributed by atoms with E-state index in [2.05, 4.69) is 58.7 Å². The number of hydrogen-bond donors (Lipinski definition) is 1. The van der Waals surface area contributed by atoms with Gasteiger partial charge in [0, 0.05) is 46.0 Å². The number of nitrogens with zero attached hydrogens (tertiary/aromatic N) is 3. The van der Waals surface area contributed by atoms with Crippen LogP contribution in [0.5, 0.6) is 0 Å². The van der Waals surface area contributed by atoms with E-state index >= 15 is 0 Å². The lowest BCUT2D eigenvalue weighted by Gasteiger charge is -2.39. The van der Waals surface area contributed by atoms with E-state index in [4.69, 9.17) is 4.74 Å². The Bertz CT molecular complexity index is 830. The lowest BCUT2D eigenvalue weighted by Crippen LogP contribution is -2.50. The van der Waals surface area contributed by atoms with Gasteiger partial charge in [-0.1, -0.05) is 60.7 Å². The molecule has 2 aromatic rings. The van der Waals surface area contributed by atoms with Crippen molar-refractivity contribution in [2.45, 2.75) is 6.04 Å². The van der Waals surface area contributed by atoms with E-state index in [9.17, 15) is 10.1 Å². The average molecular weight is 405 g/mol. The highest BCUT2D eigenvalue weighted by Gasteiger charge is 2.29. The number of nitriles is 1. The lowest BCUT2D eigenvalue weighted by atomic mass is 9.96. The molecule has 1 saturated heterocycles. The van der Waals surface area contributed by atoms with Crippen LogP contribution in [0.3, 0.4) is 0 Å². The molecule has 156 valence electrons. The van der Waals surface area contributed by atoms with Gasteiger partial charge in [-0.3, -0.25) is 9.69 Å². The standard InChI is InChI=1S/C24H28N4O2/c1-30-17-12-26-19-22(18-25)24(29)28-15-13-27(14-16-28)23(20-8-4-2-5-9-20)21-10-6-3-7-11-21/h2-11,19,23,26H,12-17H2,1H3/b22-19-. The van der Waals surface area contributed by atoms with Gasteiger partial charge in [0.05, 0.1) is 12.6 Å². The van der Waals surface area contributed by atoms with Crippen molar-refractivity contribution in [2.24, 2.45) is 0 Å². The second-order valence-corrected chi connectivity index (χ2v) is 7.17. The van der Waals surface area contributed by atoms with Crippen molar-refractivity contribution in [1.82, 2.24) is 15.1 Å². The summed E-state index contributed by atoms with van der Waals surface area (Å²) in [4.78, 5) is 16.9. The van der Waals surface area contributed by atoms with E-state index in [1.807, 2.05) is 18.2 Å². The maximum atomic E-state index is 12.8. The number of carbonyl (C=O) groups is 1. The first-order chi connectivity index (χ1) is 14.7. The minimum absolute atomic E-state index is 0.127. The van der Waals surface area contributed by atoms with Crippen molar-refractivity contribution in [1.29, 1.82) is 5.26 Å². The van der Waals surface area contributed by atoms with Gasteiger partial charge in [0.15, 0.2) is 0 Å². The van der Waals surface area contributed by atoms with Crippen LogP contribution >= 0.6 is 0 Å². The first kappa shape index (κ1) is 21.6. The van der Waals surface area contributed by atoms with Crippen LogP contribution in [0.4, 0.5) is 0 Å². The lowest BCUT2D eigenvalue weighted by molar-refractivity contribution is -0.128. The molecular weight excluding hydrogens is 376 g/mol. The minimum atomic E-state index is -0.224. The third-order valence-corrected chi connectivity index (χ3v) is 5.25.